The first-order chi connectivity index (χ1) is 11.8. The van der Waals surface area contributed by atoms with E-state index in [4.69, 9.17) is 0 Å². The van der Waals surface area contributed by atoms with Crippen LogP contribution in [0.15, 0.2) is 24.3 Å². The van der Waals surface area contributed by atoms with Gasteiger partial charge in [0.2, 0.25) is 11.0 Å². The van der Waals surface area contributed by atoms with E-state index in [1.54, 1.807) is 12.1 Å². The number of carbonyl (C=O) groups excluding carboxylic acids is 1. The van der Waals surface area contributed by atoms with Crippen LogP contribution in [0.2, 0.25) is 0 Å². The Bertz CT molecular complexity index is 748. The summed E-state index contributed by atoms with van der Waals surface area (Å²) in [6, 6.07) is 6.77. The van der Waals surface area contributed by atoms with Crippen LogP contribution in [0.25, 0.3) is 0 Å². The summed E-state index contributed by atoms with van der Waals surface area (Å²) in [4.78, 5) is 14.5. The summed E-state index contributed by atoms with van der Waals surface area (Å²) in [6.07, 6.45) is 1.40. The van der Waals surface area contributed by atoms with Crippen molar-refractivity contribution in [3.63, 3.8) is 0 Å². The molecule has 1 aliphatic rings. The van der Waals surface area contributed by atoms with Crippen LogP contribution in [-0.2, 0) is 10.2 Å². The minimum Gasteiger partial charge on any atom is -0.369 e. The van der Waals surface area contributed by atoms with Gasteiger partial charge in [-0.05, 0) is 25.0 Å². The number of para-hydroxylation sites is 1. The van der Waals surface area contributed by atoms with Crippen LogP contribution < -0.4 is 10.2 Å². The molecule has 3 rings (SSSR count). The molecule has 2 heterocycles. The number of nitrogens with zero attached hydrogens (tertiary/aromatic N) is 3. The number of amides is 1. The first-order valence-electron chi connectivity index (χ1n) is 8.49. The predicted octanol–water partition coefficient (Wildman–Crippen LogP) is 3.83. The number of hydrogen-bond acceptors (Lipinski definition) is 5. The zero-order valence-electron chi connectivity index (χ0n) is 14.8. The average Bonchev–Trinajstić information content (AvgIpc) is 3.04. The second kappa shape index (κ2) is 7.07. The van der Waals surface area contributed by atoms with E-state index in [0.29, 0.717) is 36.8 Å². The zero-order chi connectivity index (χ0) is 18.0. The molecule has 1 fully saturated rings. The quantitative estimate of drug-likeness (QED) is 0.901. The monoisotopic (exact) mass is 362 g/mol. The molecule has 7 heteroatoms. The number of aromatic nitrogens is 2. The van der Waals surface area contributed by atoms with Crippen LogP contribution in [0.1, 0.15) is 38.6 Å². The Balaban J connectivity index is 1.57. The molecule has 1 aliphatic heterocycles. The standard InChI is InChI=1S/C18H23FN4OS/c1-18(2,3)16-21-22-17(25-16)20-15(24)12-8-10-23(11-9-12)14-7-5-4-6-13(14)19/h4-7,12H,8-11H2,1-3H3,(H,20,22,24). The van der Waals surface area contributed by atoms with Gasteiger partial charge in [-0.15, -0.1) is 10.2 Å². The lowest BCUT2D eigenvalue weighted by atomic mass is 9.95. The van der Waals surface area contributed by atoms with Gasteiger partial charge >= 0.3 is 0 Å². The molecule has 2 aromatic rings. The molecule has 0 spiro atoms. The maximum atomic E-state index is 13.9. The number of benzene rings is 1. The lowest BCUT2D eigenvalue weighted by molar-refractivity contribution is -0.120. The van der Waals surface area contributed by atoms with Crippen molar-refractivity contribution in [2.24, 2.45) is 5.92 Å². The molecule has 1 amide bonds. The van der Waals surface area contributed by atoms with Crippen molar-refractivity contribution in [2.45, 2.75) is 39.0 Å². The third kappa shape index (κ3) is 4.15. The highest BCUT2D eigenvalue weighted by molar-refractivity contribution is 7.15. The molecule has 1 N–H and O–H groups in total. The van der Waals surface area contributed by atoms with Gasteiger partial charge in [0.1, 0.15) is 10.8 Å². The van der Waals surface area contributed by atoms with E-state index in [1.807, 2.05) is 11.0 Å². The molecule has 0 saturated carbocycles. The van der Waals surface area contributed by atoms with Gasteiger partial charge in [0, 0.05) is 24.4 Å². The van der Waals surface area contributed by atoms with Gasteiger partial charge in [0.15, 0.2) is 0 Å². The molecule has 0 unspecified atom stereocenters. The van der Waals surface area contributed by atoms with Gasteiger partial charge in [-0.3, -0.25) is 4.79 Å². The molecule has 0 bridgehead atoms. The van der Waals surface area contributed by atoms with Crippen LogP contribution in [-0.4, -0.2) is 29.2 Å². The molecular formula is C18H23FN4OS. The average molecular weight is 362 g/mol. The van der Waals surface area contributed by atoms with Gasteiger partial charge < -0.3 is 10.2 Å². The fourth-order valence-corrected chi connectivity index (χ4v) is 3.68. The van der Waals surface area contributed by atoms with Gasteiger partial charge in [-0.2, -0.15) is 0 Å². The summed E-state index contributed by atoms with van der Waals surface area (Å²) >= 11 is 1.42. The Labute approximate surface area is 151 Å². The van der Waals surface area contributed by atoms with Gasteiger partial charge in [0.25, 0.3) is 0 Å². The number of anilines is 2. The normalized spacial score (nSPS) is 16.1. The number of halogens is 1. The van der Waals surface area contributed by atoms with Gasteiger partial charge in [-0.1, -0.05) is 44.2 Å². The van der Waals surface area contributed by atoms with E-state index in [1.165, 1.54) is 17.4 Å². The van der Waals surface area contributed by atoms with Crippen LogP contribution >= 0.6 is 11.3 Å². The van der Waals surface area contributed by atoms with E-state index in [-0.39, 0.29) is 23.1 Å². The van der Waals surface area contributed by atoms with Crippen molar-refractivity contribution < 1.29 is 9.18 Å². The molecule has 1 aromatic heterocycles. The van der Waals surface area contributed by atoms with E-state index in [2.05, 4.69) is 36.3 Å². The Kier molecular flexibility index (Phi) is 5.03. The minimum atomic E-state index is -0.214. The molecule has 1 saturated heterocycles. The fraction of sp³-hybridized carbons (Fsp3) is 0.500. The second-order valence-electron chi connectivity index (χ2n) is 7.36. The SMILES string of the molecule is CC(C)(C)c1nnc(NC(=O)C2CCN(c3ccccc3F)CC2)s1. The van der Waals surface area contributed by atoms with Crippen LogP contribution in [0.4, 0.5) is 15.2 Å². The van der Waals surface area contributed by atoms with Crippen LogP contribution in [0, 0.1) is 11.7 Å². The fourth-order valence-electron chi connectivity index (χ4n) is 2.88. The third-order valence-electron chi connectivity index (χ3n) is 4.36. The van der Waals surface area contributed by atoms with Crippen molar-refractivity contribution in [3.8, 4) is 0 Å². The van der Waals surface area contributed by atoms with Crippen molar-refractivity contribution in [1.29, 1.82) is 0 Å². The number of carbonyl (C=O) groups is 1. The molecule has 134 valence electrons. The van der Waals surface area contributed by atoms with Crippen molar-refractivity contribution in [3.05, 3.63) is 35.1 Å². The Hall–Kier alpha value is -2.02. The number of rotatable bonds is 3. The first-order valence-corrected chi connectivity index (χ1v) is 9.30. The van der Waals surface area contributed by atoms with Gasteiger partial charge in [0.05, 0.1) is 5.69 Å². The summed E-state index contributed by atoms with van der Waals surface area (Å²) in [6.45, 7) is 7.54. The third-order valence-corrected chi connectivity index (χ3v) is 5.62. The Morgan fingerprint density at radius 2 is 1.92 bits per heavy atom. The minimum absolute atomic E-state index is 0.0233. The number of nitrogens with one attached hydrogen (secondary N) is 1. The van der Waals surface area contributed by atoms with E-state index >= 15 is 0 Å². The molecule has 0 aliphatic carbocycles. The smallest absolute Gasteiger partial charge is 0.229 e. The van der Waals surface area contributed by atoms with E-state index in [9.17, 15) is 9.18 Å². The first kappa shape index (κ1) is 17.8. The summed E-state index contributed by atoms with van der Waals surface area (Å²) in [5.74, 6) is -0.316. The molecule has 0 radical (unpaired) electrons. The molecule has 25 heavy (non-hydrogen) atoms. The maximum absolute atomic E-state index is 13.9. The summed E-state index contributed by atoms with van der Waals surface area (Å²) in [5.41, 5.74) is 0.534. The lowest BCUT2D eigenvalue weighted by Gasteiger charge is -2.33. The van der Waals surface area contributed by atoms with Crippen LogP contribution in [0.3, 0.4) is 0 Å². The molecule has 0 atom stereocenters. The summed E-state index contributed by atoms with van der Waals surface area (Å²) in [7, 11) is 0. The highest BCUT2D eigenvalue weighted by atomic mass is 32.1. The lowest BCUT2D eigenvalue weighted by Crippen LogP contribution is -2.38. The largest absolute Gasteiger partial charge is 0.369 e. The molecular weight excluding hydrogens is 339 g/mol. The van der Waals surface area contributed by atoms with Crippen molar-refractivity contribution >= 4 is 28.1 Å². The second-order valence-corrected chi connectivity index (χ2v) is 8.34. The topological polar surface area (TPSA) is 58.1 Å². The highest BCUT2D eigenvalue weighted by Crippen LogP contribution is 2.29. The van der Waals surface area contributed by atoms with Crippen molar-refractivity contribution in [1.82, 2.24) is 10.2 Å². The molecule has 5 nitrogen and oxygen atoms in total. The van der Waals surface area contributed by atoms with Crippen LogP contribution in [0.5, 0.6) is 0 Å². The molecule has 1 aromatic carbocycles. The number of piperidine rings is 1. The van der Waals surface area contributed by atoms with Gasteiger partial charge in [-0.25, -0.2) is 4.39 Å². The highest BCUT2D eigenvalue weighted by Gasteiger charge is 2.27. The Morgan fingerprint density at radius 1 is 1.24 bits per heavy atom. The zero-order valence-corrected chi connectivity index (χ0v) is 15.6. The maximum Gasteiger partial charge on any atom is 0.229 e. The Morgan fingerprint density at radius 3 is 2.52 bits per heavy atom. The summed E-state index contributed by atoms with van der Waals surface area (Å²) < 4.78 is 13.9. The summed E-state index contributed by atoms with van der Waals surface area (Å²) in [5, 5.41) is 12.6. The predicted molar refractivity (Wildman–Crippen MR) is 98.6 cm³/mol. The number of hydrogen-bond donors (Lipinski definition) is 1. The van der Waals surface area contributed by atoms with E-state index in [0.717, 1.165) is 5.01 Å². The van der Waals surface area contributed by atoms with Crippen molar-refractivity contribution in [2.75, 3.05) is 23.3 Å². The van der Waals surface area contributed by atoms with E-state index < -0.39 is 0 Å².